The molecule has 3 fully saturated rings. The first-order chi connectivity index (χ1) is 7.93. The van der Waals surface area contributed by atoms with Crippen molar-refractivity contribution in [1.82, 2.24) is 10.2 Å². The van der Waals surface area contributed by atoms with Crippen LogP contribution >= 0.6 is 0 Å². The van der Waals surface area contributed by atoms with Gasteiger partial charge in [0.15, 0.2) is 0 Å². The van der Waals surface area contributed by atoms with Gasteiger partial charge in [0, 0.05) is 18.6 Å². The Labute approximate surface area is 99.8 Å². The first kappa shape index (κ1) is 11.0. The van der Waals surface area contributed by atoms with Gasteiger partial charge in [0.2, 0.25) is 0 Å². The number of hydrogen-bond donors (Lipinski definition) is 1. The first-order valence-electron chi connectivity index (χ1n) is 7.41. The molecule has 0 aromatic heterocycles. The van der Waals surface area contributed by atoms with Gasteiger partial charge >= 0.3 is 0 Å². The average molecular weight is 222 g/mol. The van der Waals surface area contributed by atoms with Crippen LogP contribution < -0.4 is 5.32 Å². The Morgan fingerprint density at radius 3 is 2.69 bits per heavy atom. The van der Waals surface area contributed by atoms with Crippen molar-refractivity contribution in [3.05, 3.63) is 0 Å². The van der Waals surface area contributed by atoms with E-state index in [1.165, 1.54) is 71.0 Å². The molecule has 3 rings (SSSR count). The second-order valence-corrected chi connectivity index (χ2v) is 6.04. The highest BCUT2D eigenvalue weighted by atomic mass is 15.2. The van der Waals surface area contributed by atoms with Gasteiger partial charge in [0.1, 0.15) is 0 Å². The van der Waals surface area contributed by atoms with Gasteiger partial charge in [-0.05, 0) is 57.5 Å². The van der Waals surface area contributed by atoms with Crippen molar-refractivity contribution >= 4 is 0 Å². The number of rotatable bonds is 2. The summed E-state index contributed by atoms with van der Waals surface area (Å²) in [6.45, 7) is 3.97. The zero-order valence-electron chi connectivity index (χ0n) is 10.5. The van der Waals surface area contributed by atoms with Gasteiger partial charge < -0.3 is 5.32 Å². The van der Waals surface area contributed by atoms with Crippen molar-refractivity contribution in [3.8, 4) is 0 Å². The Hall–Kier alpha value is -0.0800. The van der Waals surface area contributed by atoms with E-state index in [4.69, 9.17) is 0 Å². The lowest BCUT2D eigenvalue weighted by Gasteiger charge is -2.45. The number of hydrogen-bond acceptors (Lipinski definition) is 2. The molecule has 3 aliphatic rings. The molecule has 0 amide bonds. The van der Waals surface area contributed by atoms with E-state index in [1.54, 1.807) is 0 Å². The summed E-state index contributed by atoms with van der Waals surface area (Å²) < 4.78 is 0. The van der Waals surface area contributed by atoms with Crippen LogP contribution in [-0.4, -0.2) is 36.6 Å². The third-order valence-electron chi connectivity index (χ3n) is 4.98. The van der Waals surface area contributed by atoms with Crippen LogP contribution in [0.3, 0.4) is 0 Å². The highest BCUT2D eigenvalue weighted by molar-refractivity contribution is 4.90. The quantitative estimate of drug-likeness (QED) is 0.772. The van der Waals surface area contributed by atoms with Crippen LogP contribution in [0, 0.1) is 5.92 Å². The molecule has 0 aromatic rings. The normalized spacial score (nSPS) is 40.9. The lowest BCUT2D eigenvalue weighted by atomic mass is 9.78. The fourth-order valence-corrected chi connectivity index (χ4v) is 4.15. The molecule has 16 heavy (non-hydrogen) atoms. The Morgan fingerprint density at radius 1 is 0.938 bits per heavy atom. The molecular weight excluding hydrogens is 196 g/mol. The predicted octanol–water partition coefficient (Wildman–Crippen LogP) is 2.39. The van der Waals surface area contributed by atoms with Crippen LogP contribution in [0.2, 0.25) is 0 Å². The lowest BCUT2D eigenvalue weighted by Crippen LogP contribution is -2.50. The molecular formula is C14H26N2. The zero-order valence-corrected chi connectivity index (χ0v) is 10.5. The largest absolute Gasteiger partial charge is 0.313 e. The van der Waals surface area contributed by atoms with E-state index in [9.17, 15) is 0 Å². The lowest BCUT2D eigenvalue weighted by molar-refractivity contribution is 0.0546. The number of nitrogens with one attached hydrogen (secondary N) is 1. The minimum absolute atomic E-state index is 0.806. The van der Waals surface area contributed by atoms with Crippen molar-refractivity contribution in [3.63, 3.8) is 0 Å². The summed E-state index contributed by atoms with van der Waals surface area (Å²) in [5, 5.41) is 3.66. The van der Waals surface area contributed by atoms with Crippen LogP contribution in [0.15, 0.2) is 0 Å². The molecule has 2 heterocycles. The smallest absolute Gasteiger partial charge is 0.0195 e. The van der Waals surface area contributed by atoms with Crippen LogP contribution in [-0.2, 0) is 0 Å². The fraction of sp³-hybridized carbons (Fsp3) is 1.00. The summed E-state index contributed by atoms with van der Waals surface area (Å²) in [5.41, 5.74) is 0. The monoisotopic (exact) mass is 222 g/mol. The second-order valence-electron chi connectivity index (χ2n) is 6.04. The van der Waals surface area contributed by atoms with Crippen LogP contribution in [0.4, 0.5) is 0 Å². The van der Waals surface area contributed by atoms with E-state index >= 15 is 0 Å². The van der Waals surface area contributed by atoms with Crippen molar-refractivity contribution in [2.24, 2.45) is 5.92 Å². The van der Waals surface area contributed by atoms with Crippen molar-refractivity contribution < 1.29 is 0 Å². The maximum absolute atomic E-state index is 3.66. The maximum atomic E-state index is 3.66. The molecule has 2 unspecified atom stereocenters. The molecule has 0 aromatic carbocycles. The van der Waals surface area contributed by atoms with Crippen molar-refractivity contribution in [1.29, 1.82) is 0 Å². The number of likely N-dealkylation sites (tertiary alicyclic amines) is 1. The van der Waals surface area contributed by atoms with Gasteiger partial charge in [-0.15, -0.1) is 0 Å². The van der Waals surface area contributed by atoms with Crippen LogP contribution in [0.5, 0.6) is 0 Å². The Bertz CT molecular complexity index is 221. The third kappa shape index (κ3) is 2.28. The van der Waals surface area contributed by atoms with E-state index in [0.717, 1.165) is 18.0 Å². The number of fused-ring (bicyclic) bond motifs is 1. The van der Waals surface area contributed by atoms with Crippen molar-refractivity contribution in [2.45, 2.75) is 63.5 Å². The molecule has 2 nitrogen and oxygen atoms in total. The predicted molar refractivity (Wildman–Crippen MR) is 67.6 cm³/mol. The highest BCUT2D eigenvalue weighted by Crippen LogP contribution is 2.35. The van der Waals surface area contributed by atoms with E-state index < -0.39 is 0 Å². The molecule has 0 spiro atoms. The van der Waals surface area contributed by atoms with Gasteiger partial charge in [-0.25, -0.2) is 0 Å². The maximum Gasteiger partial charge on any atom is 0.0195 e. The van der Waals surface area contributed by atoms with E-state index in [1.807, 2.05) is 0 Å². The summed E-state index contributed by atoms with van der Waals surface area (Å²) in [6, 6.07) is 1.76. The molecule has 2 heteroatoms. The Morgan fingerprint density at radius 2 is 1.81 bits per heavy atom. The number of piperidine rings is 1. The topological polar surface area (TPSA) is 15.3 Å². The van der Waals surface area contributed by atoms with Crippen molar-refractivity contribution in [2.75, 3.05) is 19.6 Å². The molecule has 92 valence electrons. The Kier molecular flexibility index (Phi) is 3.49. The summed E-state index contributed by atoms with van der Waals surface area (Å²) in [4.78, 5) is 2.83. The minimum atomic E-state index is 0.806. The van der Waals surface area contributed by atoms with Crippen LogP contribution in [0.1, 0.15) is 51.4 Å². The third-order valence-corrected chi connectivity index (χ3v) is 4.98. The van der Waals surface area contributed by atoms with Gasteiger partial charge in [-0.2, -0.15) is 0 Å². The fourth-order valence-electron chi connectivity index (χ4n) is 4.15. The van der Waals surface area contributed by atoms with E-state index in [-0.39, 0.29) is 0 Å². The molecule has 1 N–H and O–H groups in total. The minimum Gasteiger partial charge on any atom is -0.313 e. The van der Waals surface area contributed by atoms with Crippen LogP contribution in [0.25, 0.3) is 0 Å². The summed E-state index contributed by atoms with van der Waals surface area (Å²) in [7, 11) is 0. The molecule has 0 bridgehead atoms. The zero-order chi connectivity index (χ0) is 10.8. The SMILES string of the molecule is C1CCC2C(C1)CCCN2C[C@H]1CCCN1. The molecule has 2 saturated heterocycles. The first-order valence-corrected chi connectivity index (χ1v) is 7.41. The average Bonchev–Trinajstić information content (AvgIpc) is 2.82. The molecule has 3 atom stereocenters. The second kappa shape index (κ2) is 5.05. The van der Waals surface area contributed by atoms with E-state index in [2.05, 4.69) is 10.2 Å². The van der Waals surface area contributed by atoms with E-state index in [0.29, 0.717) is 0 Å². The summed E-state index contributed by atoms with van der Waals surface area (Å²) >= 11 is 0. The summed E-state index contributed by atoms with van der Waals surface area (Å²) in [5.74, 6) is 1.05. The van der Waals surface area contributed by atoms with Gasteiger partial charge in [-0.1, -0.05) is 12.8 Å². The van der Waals surface area contributed by atoms with Gasteiger partial charge in [-0.3, -0.25) is 4.90 Å². The molecule has 2 aliphatic heterocycles. The molecule has 1 saturated carbocycles. The summed E-state index contributed by atoms with van der Waals surface area (Å²) in [6.07, 6.45) is 11.7. The highest BCUT2D eigenvalue weighted by Gasteiger charge is 2.34. The Balaban J connectivity index is 1.59. The standard InChI is InChI=1S/C14H26N2/c1-2-8-14-12(5-1)6-4-10-16(14)11-13-7-3-9-15-13/h12-15H,1-11H2/t12?,13-,14?/m1/s1. The molecule has 1 aliphatic carbocycles. The number of nitrogens with zero attached hydrogens (tertiary/aromatic N) is 1. The molecule has 0 radical (unpaired) electrons. The van der Waals surface area contributed by atoms with Gasteiger partial charge in [0.05, 0.1) is 0 Å². The van der Waals surface area contributed by atoms with Gasteiger partial charge in [0.25, 0.3) is 0 Å².